The highest BCUT2D eigenvalue weighted by atomic mass is 35.5. The number of unbranched alkanes of at least 4 members (excludes halogenated alkanes) is 1. The maximum Gasteiger partial charge on any atom is 0.245 e. The fourth-order valence-electron chi connectivity index (χ4n) is 6.71. The van der Waals surface area contributed by atoms with Crippen molar-refractivity contribution in [1.82, 2.24) is 47.9 Å². The predicted molar refractivity (Wildman–Crippen MR) is 256 cm³/mol. The van der Waals surface area contributed by atoms with E-state index < -0.39 is 103 Å². The summed E-state index contributed by atoms with van der Waals surface area (Å²) < 4.78 is 0. The minimum Gasteiger partial charge on any atom is -0.508 e. The van der Waals surface area contributed by atoms with E-state index in [1.807, 2.05) is 0 Å². The average Bonchev–Trinajstić information content (AvgIpc) is 3.31. The Morgan fingerprint density at radius 3 is 1.61 bits per heavy atom. The van der Waals surface area contributed by atoms with E-state index in [0.717, 1.165) is 5.56 Å². The lowest BCUT2D eigenvalue weighted by Gasteiger charge is -2.25. The first kappa shape index (κ1) is 57.0. The molecule has 0 fully saturated rings. The number of hydrogen-bond acceptors (Lipinski definition) is 13. The lowest BCUT2D eigenvalue weighted by atomic mass is 10.0. The highest BCUT2D eigenvalue weighted by Crippen LogP contribution is 2.14. The van der Waals surface area contributed by atoms with Gasteiger partial charge in [-0.15, -0.1) is 0 Å². The Balaban J connectivity index is 1.69. The average molecular weight is 996 g/mol. The number of aromatic hydroxyl groups is 2. The number of nitrogens with one attached hydrogen (secondary N) is 9. The van der Waals surface area contributed by atoms with Crippen LogP contribution in [0.1, 0.15) is 56.2 Å². The van der Waals surface area contributed by atoms with Gasteiger partial charge < -0.3 is 68.9 Å². The molecule has 0 aliphatic heterocycles. The van der Waals surface area contributed by atoms with Crippen LogP contribution in [0.2, 0.25) is 5.02 Å². The molecule has 0 saturated heterocycles. The van der Waals surface area contributed by atoms with Gasteiger partial charge in [0.1, 0.15) is 41.7 Å². The van der Waals surface area contributed by atoms with Crippen LogP contribution in [0.25, 0.3) is 0 Å². The van der Waals surface area contributed by atoms with Gasteiger partial charge in [-0.3, -0.25) is 43.2 Å². The molecule has 0 heterocycles. The van der Waals surface area contributed by atoms with Crippen LogP contribution in [0.15, 0.2) is 72.8 Å². The minimum atomic E-state index is -1.62. The van der Waals surface area contributed by atoms with E-state index in [2.05, 4.69) is 47.9 Å². The van der Waals surface area contributed by atoms with Crippen molar-refractivity contribution < 1.29 is 58.5 Å². The summed E-state index contributed by atoms with van der Waals surface area (Å²) in [7, 11) is 1.73. The third kappa shape index (κ3) is 21.3. The summed E-state index contributed by atoms with van der Waals surface area (Å²) in [6.07, 6.45) is -0.342. The van der Waals surface area contributed by atoms with E-state index in [0.29, 0.717) is 42.0 Å². The number of halogens is 1. The Labute approximate surface area is 410 Å². The van der Waals surface area contributed by atoms with Crippen LogP contribution in [0.3, 0.4) is 0 Å². The Morgan fingerprint density at radius 2 is 1.09 bits per heavy atom. The normalized spacial score (nSPS) is 13.4. The highest BCUT2D eigenvalue weighted by molar-refractivity contribution is 6.30. The smallest absolute Gasteiger partial charge is 0.245 e. The summed E-state index contributed by atoms with van der Waals surface area (Å²) in [5.41, 5.74) is 7.34. The number of hydrogen-bond donors (Lipinski definition) is 13. The number of aliphatic hydroxyl groups excluding tert-OH is 1. The van der Waals surface area contributed by atoms with E-state index in [1.54, 1.807) is 31.3 Å². The van der Waals surface area contributed by atoms with Gasteiger partial charge in [0.2, 0.25) is 53.2 Å². The number of aliphatic hydroxyl groups is 1. The summed E-state index contributed by atoms with van der Waals surface area (Å²) in [5.74, 6) is -7.15. The van der Waals surface area contributed by atoms with Crippen molar-refractivity contribution in [2.45, 2.75) is 95.1 Å². The molecule has 0 spiro atoms. The molecule has 0 aliphatic carbocycles. The fraction of sp³-hybridized carbons (Fsp3) is 0.426. The summed E-state index contributed by atoms with van der Waals surface area (Å²) in [4.78, 5) is 117. The van der Waals surface area contributed by atoms with Crippen LogP contribution in [-0.2, 0) is 62.4 Å². The second-order valence-electron chi connectivity index (χ2n) is 16.4. The predicted octanol–water partition coefficient (Wildman–Crippen LogP) is -1.78. The zero-order valence-electron chi connectivity index (χ0n) is 39.1. The van der Waals surface area contributed by atoms with Gasteiger partial charge in [0.15, 0.2) is 0 Å². The van der Waals surface area contributed by atoms with Gasteiger partial charge in [-0.05, 0) is 99.3 Å². The Hall–Kier alpha value is -7.30. The lowest BCUT2D eigenvalue weighted by molar-refractivity contribution is -0.135. The molecule has 0 bridgehead atoms. The van der Waals surface area contributed by atoms with E-state index >= 15 is 0 Å². The van der Waals surface area contributed by atoms with Crippen LogP contribution in [0.4, 0.5) is 0 Å². The third-order valence-electron chi connectivity index (χ3n) is 10.6. The van der Waals surface area contributed by atoms with E-state index in [-0.39, 0.29) is 43.7 Å². The SMILES string of the molecule is CNCCCC[C@H](NC(=O)CNC(=O)[C@H](Cc1ccc(O)cc1)NC(=O)[C@@H](CNC(C)=O)NC(=O)CCc1ccc(Cl)cc1)C(=O)NC(C(=O)NCC(=O)N[C@H](Cc1ccc(O)cc1)C(N)=O)C(C)O. The Morgan fingerprint density at radius 1 is 0.586 bits per heavy atom. The first-order valence-corrected chi connectivity index (χ1v) is 22.8. The third-order valence-corrected chi connectivity index (χ3v) is 10.8. The van der Waals surface area contributed by atoms with Crippen LogP contribution in [-0.4, -0.2) is 138 Å². The van der Waals surface area contributed by atoms with E-state index in [1.165, 1.54) is 62.4 Å². The number of aryl methyl sites for hydroxylation is 1. The van der Waals surface area contributed by atoms with Crippen LogP contribution in [0.5, 0.6) is 11.5 Å². The Bertz CT molecular complexity index is 2250. The van der Waals surface area contributed by atoms with Crippen LogP contribution >= 0.6 is 11.6 Å². The minimum absolute atomic E-state index is 0.00590. The first-order chi connectivity index (χ1) is 33.2. The summed E-state index contributed by atoms with van der Waals surface area (Å²) in [6.45, 7) is 1.30. The van der Waals surface area contributed by atoms with Crippen molar-refractivity contribution in [2.24, 2.45) is 5.73 Å². The number of primary amides is 1. The molecular weight excluding hydrogens is 932 g/mol. The van der Waals surface area contributed by atoms with E-state index in [9.17, 15) is 58.5 Å². The molecule has 0 radical (unpaired) electrons. The molecule has 9 amide bonds. The number of carbonyl (C=O) groups is 9. The number of phenolic OH excluding ortho intramolecular Hbond substituents is 2. The van der Waals surface area contributed by atoms with Gasteiger partial charge in [0.25, 0.3) is 0 Å². The molecular formula is C47H63ClN10O12. The molecule has 0 aromatic heterocycles. The van der Waals surface area contributed by atoms with Crippen molar-refractivity contribution in [1.29, 1.82) is 0 Å². The number of carbonyl (C=O) groups excluding carboxylic acids is 9. The second kappa shape index (κ2) is 29.6. The van der Waals surface area contributed by atoms with Crippen LogP contribution in [0, 0.1) is 0 Å². The molecule has 0 saturated carbocycles. The molecule has 3 aromatic rings. The van der Waals surface area contributed by atoms with Crippen molar-refractivity contribution >= 4 is 64.8 Å². The van der Waals surface area contributed by atoms with Gasteiger partial charge in [-0.1, -0.05) is 48.0 Å². The molecule has 14 N–H and O–H groups in total. The molecule has 2 unspecified atom stereocenters. The molecule has 380 valence electrons. The molecule has 6 atom stereocenters. The van der Waals surface area contributed by atoms with Crippen molar-refractivity contribution in [3.05, 3.63) is 94.5 Å². The standard InChI is InChI=1S/C47H63ClN10O12/c1-27(59)42(47(70)53-26-41(65)55-36(43(49)66)22-30-9-16-33(61)17-10-30)58-45(68)35(6-4-5-21-50-3)54-40(64)25-52-44(67)37(23-31-11-18-34(62)19-12-31)57-46(69)38(24-51-28(2)60)56-39(63)20-13-29-7-14-32(48)15-8-29/h7-12,14-19,27,35-38,42,50,59,61-62H,4-6,13,20-26H2,1-3H3,(H2,49,66)(H,51,60)(H,52,67)(H,53,70)(H,54,64)(H,55,65)(H,56,63)(H,57,69)(H,58,68)/t27?,35-,36+,37-,38+,42?/m0/s1. The highest BCUT2D eigenvalue weighted by Gasteiger charge is 2.32. The largest absolute Gasteiger partial charge is 0.508 e. The second-order valence-corrected chi connectivity index (χ2v) is 16.8. The van der Waals surface area contributed by atoms with Gasteiger partial charge in [-0.25, -0.2) is 0 Å². The molecule has 70 heavy (non-hydrogen) atoms. The zero-order valence-corrected chi connectivity index (χ0v) is 39.9. The molecule has 3 rings (SSSR count). The lowest BCUT2D eigenvalue weighted by Crippen LogP contribution is -2.59. The summed E-state index contributed by atoms with van der Waals surface area (Å²) in [5, 5.41) is 53.1. The maximum atomic E-state index is 13.8. The van der Waals surface area contributed by atoms with Gasteiger partial charge in [0, 0.05) is 37.8 Å². The molecule has 3 aromatic carbocycles. The molecule has 0 aliphatic rings. The summed E-state index contributed by atoms with van der Waals surface area (Å²) in [6, 6.07) is 11.7. The van der Waals surface area contributed by atoms with Gasteiger partial charge in [-0.2, -0.15) is 0 Å². The maximum absolute atomic E-state index is 13.8. The Kier molecular flexibility index (Phi) is 24.1. The number of amides is 9. The molecule has 22 nitrogen and oxygen atoms in total. The quantitative estimate of drug-likeness (QED) is 0.0343. The number of benzene rings is 3. The topological polar surface area (TPSA) is 349 Å². The van der Waals surface area contributed by atoms with Gasteiger partial charge >= 0.3 is 0 Å². The zero-order chi connectivity index (χ0) is 51.8. The monoisotopic (exact) mass is 994 g/mol. The fourth-order valence-corrected chi connectivity index (χ4v) is 6.83. The number of nitrogens with two attached hydrogens (primary N) is 1. The van der Waals surface area contributed by atoms with Crippen molar-refractivity contribution in [3.8, 4) is 11.5 Å². The van der Waals surface area contributed by atoms with Crippen molar-refractivity contribution in [3.63, 3.8) is 0 Å². The van der Waals surface area contributed by atoms with Gasteiger partial charge in [0.05, 0.1) is 19.2 Å². The first-order valence-electron chi connectivity index (χ1n) is 22.5. The number of phenols is 2. The van der Waals surface area contributed by atoms with Crippen LogP contribution < -0.4 is 53.6 Å². The molecule has 23 heteroatoms. The van der Waals surface area contributed by atoms with E-state index in [4.69, 9.17) is 17.3 Å². The summed E-state index contributed by atoms with van der Waals surface area (Å²) >= 11 is 5.96. The number of rotatable bonds is 29. The van der Waals surface area contributed by atoms with Crippen molar-refractivity contribution in [2.75, 3.05) is 33.2 Å².